The molecule has 1 saturated heterocycles. The first-order valence-corrected chi connectivity index (χ1v) is 11.4. The fourth-order valence-corrected chi connectivity index (χ4v) is 4.00. The van der Waals surface area contributed by atoms with Crippen molar-refractivity contribution < 1.29 is 9.59 Å². The maximum atomic E-state index is 12.9. The van der Waals surface area contributed by atoms with Crippen LogP contribution in [0.25, 0.3) is 0 Å². The Bertz CT molecular complexity index is 830. The Balaban J connectivity index is 1.48. The van der Waals surface area contributed by atoms with Gasteiger partial charge in [0.1, 0.15) is 0 Å². The van der Waals surface area contributed by atoms with Crippen LogP contribution >= 0.6 is 0 Å². The summed E-state index contributed by atoms with van der Waals surface area (Å²) >= 11 is 0. The normalized spacial score (nSPS) is 14.3. The second-order valence-electron chi connectivity index (χ2n) is 8.13. The molecule has 2 heterocycles. The predicted octanol–water partition coefficient (Wildman–Crippen LogP) is 3.88. The summed E-state index contributed by atoms with van der Waals surface area (Å²) in [5.74, 6) is 0.0733. The van der Waals surface area contributed by atoms with E-state index in [1.807, 2.05) is 41.3 Å². The molecule has 6 heteroatoms. The third-order valence-electron chi connectivity index (χ3n) is 5.99. The summed E-state index contributed by atoms with van der Waals surface area (Å²) in [6.45, 7) is 8.08. The number of likely N-dealkylation sites (tertiary alicyclic amines) is 1. The van der Waals surface area contributed by atoms with E-state index in [-0.39, 0.29) is 17.7 Å². The van der Waals surface area contributed by atoms with E-state index < -0.39 is 0 Å². The number of unbranched alkanes of at least 4 members (excludes halogenated alkanes) is 1. The van der Waals surface area contributed by atoms with Crippen LogP contribution in [0.1, 0.15) is 55.5 Å². The first-order valence-electron chi connectivity index (χ1n) is 11.4. The van der Waals surface area contributed by atoms with Crippen molar-refractivity contribution in [3.8, 4) is 0 Å². The zero-order valence-electron chi connectivity index (χ0n) is 18.7. The average molecular weight is 423 g/mol. The van der Waals surface area contributed by atoms with Gasteiger partial charge >= 0.3 is 0 Å². The van der Waals surface area contributed by atoms with Crippen LogP contribution in [-0.4, -0.2) is 47.9 Å². The summed E-state index contributed by atoms with van der Waals surface area (Å²) in [6, 6.07) is 11.8. The molecule has 0 atom stereocenters. The van der Waals surface area contributed by atoms with E-state index in [0.717, 1.165) is 29.9 Å². The molecular formula is C25H34N4O2. The summed E-state index contributed by atoms with van der Waals surface area (Å²) in [4.78, 5) is 33.7. The van der Waals surface area contributed by atoms with Crippen LogP contribution in [0.15, 0.2) is 48.8 Å². The molecule has 0 aliphatic carbocycles. The van der Waals surface area contributed by atoms with E-state index in [0.29, 0.717) is 32.5 Å². The number of piperidine rings is 1. The first kappa shape index (κ1) is 22.8. The summed E-state index contributed by atoms with van der Waals surface area (Å²) < 4.78 is 0. The number of pyridine rings is 1. The number of anilines is 1. The van der Waals surface area contributed by atoms with E-state index in [2.05, 4.69) is 29.0 Å². The fraction of sp³-hybridized carbons (Fsp3) is 0.480. The van der Waals surface area contributed by atoms with Crippen LogP contribution in [0.3, 0.4) is 0 Å². The van der Waals surface area contributed by atoms with Crippen molar-refractivity contribution in [2.24, 2.45) is 5.92 Å². The van der Waals surface area contributed by atoms with Crippen molar-refractivity contribution in [2.45, 2.75) is 46.1 Å². The highest BCUT2D eigenvalue weighted by Gasteiger charge is 2.27. The standard InChI is InChI=1S/C25H34N4O2/c1-3-5-15-28(4-2)23-10-8-22(9-11-23)25(31)29-16-12-21(13-17-29)24(30)27-19-20-7-6-14-26-18-20/h6-11,14,18,21H,3-5,12-13,15-17,19H2,1-2H3,(H,27,30). The number of nitrogens with one attached hydrogen (secondary N) is 1. The highest BCUT2D eigenvalue weighted by molar-refractivity contribution is 5.94. The third-order valence-corrected chi connectivity index (χ3v) is 5.99. The van der Waals surface area contributed by atoms with E-state index in [4.69, 9.17) is 0 Å². The van der Waals surface area contributed by atoms with Gasteiger partial charge in [-0.05, 0) is 62.1 Å². The smallest absolute Gasteiger partial charge is 0.253 e. The van der Waals surface area contributed by atoms with Gasteiger partial charge in [-0.1, -0.05) is 19.4 Å². The van der Waals surface area contributed by atoms with Crippen molar-refractivity contribution in [1.82, 2.24) is 15.2 Å². The molecule has 1 aromatic carbocycles. The van der Waals surface area contributed by atoms with Gasteiger partial charge in [0.2, 0.25) is 5.91 Å². The number of hydrogen-bond donors (Lipinski definition) is 1. The zero-order valence-corrected chi connectivity index (χ0v) is 18.7. The number of hydrogen-bond acceptors (Lipinski definition) is 4. The summed E-state index contributed by atoms with van der Waals surface area (Å²) in [7, 11) is 0. The highest BCUT2D eigenvalue weighted by atomic mass is 16.2. The van der Waals surface area contributed by atoms with Crippen molar-refractivity contribution in [1.29, 1.82) is 0 Å². The largest absolute Gasteiger partial charge is 0.372 e. The molecule has 0 bridgehead atoms. The predicted molar refractivity (Wildman–Crippen MR) is 124 cm³/mol. The molecule has 2 aromatic rings. The van der Waals surface area contributed by atoms with Gasteiger partial charge in [0, 0.05) is 62.3 Å². The van der Waals surface area contributed by atoms with Gasteiger partial charge in [0.15, 0.2) is 0 Å². The van der Waals surface area contributed by atoms with Gasteiger partial charge in [-0.2, -0.15) is 0 Å². The fourth-order valence-electron chi connectivity index (χ4n) is 4.00. The van der Waals surface area contributed by atoms with Gasteiger partial charge in [-0.25, -0.2) is 0 Å². The van der Waals surface area contributed by atoms with Crippen molar-refractivity contribution in [3.05, 3.63) is 59.9 Å². The Morgan fingerprint density at radius 3 is 2.48 bits per heavy atom. The lowest BCUT2D eigenvalue weighted by molar-refractivity contribution is -0.126. The number of nitrogens with zero attached hydrogens (tertiary/aromatic N) is 3. The van der Waals surface area contributed by atoms with E-state index >= 15 is 0 Å². The van der Waals surface area contributed by atoms with Crippen LogP contribution in [0, 0.1) is 5.92 Å². The maximum absolute atomic E-state index is 12.9. The number of aromatic nitrogens is 1. The van der Waals surface area contributed by atoms with Crippen LogP contribution in [-0.2, 0) is 11.3 Å². The maximum Gasteiger partial charge on any atom is 0.253 e. The van der Waals surface area contributed by atoms with Crippen molar-refractivity contribution >= 4 is 17.5 Å². The summed E-state index contributed by atoms with van der Waals surface area (Å²) in [5.41, 5.74) is 2.87. The molecule has 1 aliphatic heterocycles. The quantitative estimate of drug-likeness (QED) is 0.666. The van der Waals surface area contributed by atoms with E-state index in [1.54, 1.807) is 12.4 Å². The molecule has 2 amide bonds. The Labute approximate surface area is 185 Å². The first-order chi connectivity index (χ1) is 15.1. The van der Waals surface area contributed by atoms with Gasteiger partial charge in [-0.3, -0.25) is 14.6 Å². The number of rotatable bonds is 9. The van der Waals surface area contributed by atoms with Gasteiger partial charge in [-0.15, -0.1) is 0 Å². The highest BCUT2D eigenvalue weighted by Crippen LogP contribution is 2.21. The van der Waals surface area contributed by atoms with Crippen LogP contribution in [0.2, 0.25) is 0 Å². The lowest BCUT2D eigenvalue weighted by Gasteiger charge is -2.31. The Morgan fingerprint density at radius 2 is 1.87 bits per heavy atom. The second-order valence-corrected chi connectivity index (χ2v) is 8.13. The van der Waals surface area contributed by atoms with Crippen molar-refractivity contribution in [3.63, 3.8) is 0 Å². The molecule has 0 spiro atoms. The molecule has 1 aliphatic rings. The lowest BCUT2D eigenvalue weighted by Crippen LogP contribution is -2.42. The van der Waals surface area contributed by atoms with Crippen LogP contribution in [0.5, 0.6) is 0 Å². The minimum atomic E-state index is -0.0419. The third kappa shape index (κ3) is 6.29. The van der Waals surface area contributed by atoms with Gasteiger partial charge in [0.05, 0.1) is 0 Å². The SMILES string of the molecule is CCCCN(CC)c1ccc(C(=O)N2CCC(C(=O)NCc3cccnc3)CC2)cc1. The van der Waals surface area contributed by atoms with Gasteiger partial charge < -0.3 is 15.1 Å². The Hall–Kier alpha value is -2.89. The van der Waals surface area contributed by atoms with E-state index in [9.17, 15) is 9.59 Å². The van der Waals surface area contributed by atoms with E-state index in [1.165, 1.54) is 12.8 Å². The molecule has 0 radical (unpaired) electrons. The summed E-state index contributed by atoms with van der Waals surface area (Å²) in [6.07, 6.45) is 7.21. The molecule has 31 heavy (non-hydrogen) atoms. The van der Waals surface area contributed by atoms with Gasteiger partial charge in [0.25, 0.3) is 5.91 Å². The second kappa shape index (κ2) is 11.5. The minimum Gasteiger partial charge on any atom is -0.372 e. The number of carbonyl (C=O) groups excluding carboxylic acids is 2. The average Bonchev–Trinajstić information content (AvgIpc) is 2.83. The Morgan fingerprint density at radius 1 is 1.13 bits per heavy atom. The molecule has 0 unspecified atom stereocenters. The molecule has 166 valence electrons. The molecule has 0 saturated carbocycles. The minimum absolute atomic E-state index is 0.0419. The topological polar surface area (TPSA) is 65.5 Å². The lowest BCUT2D eigenvalue weighted by atomic mass is 9.95. The van der Waals surface area contributed by atoms with Crippen LogP contribution < -0.4 is 10.2 Å². The molecule has 6 nitrogen and oxygen atoms in total. The van der Waals surface area contributed by atoms with Crippen LogP contribution in [0.4, 0.5) is 5.69 Å². The van der Waals surface area contributed by atoms with Crippen molar-refractivity contribution in [2.75, 3.05) is 31.1 Å². The number of carbonyl (C=O) groups is 2. The molecule has 1 N–H and O–H groups in total. The molecular weight excluding hydrogens is 388 g/mol. The molecule has 1 fully saturated rings. The summed E-state index contributed by atoms with van der Waals surface area (Å²) in [5, 5.41) is 2.99. The monoisotopic (exact) mass is 422 g/mol. The number of amides is 2. The zero-order chi connectivity index (χ0) is 22.1. The molecule has 3 rings (SSSR count). The molecule has 1 aromatic heterocycles. The number of benzene rings is 1. The Kier molecular flexibility index (Phi) is 8.44.